The lowest BCUT2D eigenvalue weighted by Crippen LogP contribution is -2.32. The second kappa shape index (κ2) is 6.90. The predicted octanol–water partition coefficient (Wildman–Crippen LogP) is 2.25. The van der Waals surface area contributed by atoms with Gasteiger partial charge in [0.1, 0.15) is 12.1 Å². The number of amides is 1. The Morgan fingerprint density at radius 2 is 2.05 bits per heavy atom. The number of benzene rings is 1. The van der Waals surface area contributed by atoms with Crippen LogP contribution in [0.25, 0.3) is 0 Å². The fourth-order valence-electron chi connectivity index (χ4n) is 1.87. The van der Waals surface area contributed by atoms with Crippen molar-refractivity contribution < 1.29 is 9.18 Å². The van der Waals surface area contributed by atoms with Gasteiger partial charge in [-0.25, -0.2) is 14.4 Å². The minimum Gasteiger partial charge on any atom is -0.325 e. The van der Waals surface area contributed by atoms with Crippen molar-refractivity contribution in [1.82, 2.24) is 14.9 Å². The number of halogens is 1. The van der Waals surface area contributed by atoms with Gasteiger partial charge in [0.05, 0.1) is 12.2 Å². The van der Waals surface area contributed by atoms with E-state index in [1.807, 2.05) is 24.9 Å². The van der Waals surface area contributed by atoms with Crippen molar-refractivity contribution >= 4 is 11.6 Å². The van der Waals surface area contributed by atoms with Crippen LogP contribution in [0.3, 0.4) is 0 Å². The third-order valence-electron chi connectivity index (χ3n) is 3.22. The number of nitrogens with zero attached hydrogens (tertiary/aromatic N) is 3. The molecule has 110 valence electrons. The zero-order valence-electron chi connectivity index (χ0n) is 12.0. The average Bonchev–Trinajstić information content (AvgIpc) is 2.49. The molecule has 1 unspecified atom stereocenters. The predicted molar refractivity (Wildman–Crippen MR) is 78.1 cm³/mol. The fourth-order valence-corrected chi connectivity index (χ4v) is 1.87. The maximum atomic E-state index is 12.8. The molecule has 0 aliphatic carbocycles. The van der Waals surface area contributed by atoms with E-state index in [4.69, 9.17) is 0 Å². The molecule has 2 aromatic rings. The Labute approximate surface area is 122 Å². The Kier molecular flexibility index (Phi) is 4.94. The molecule has 0 bridgehead atoms. The van der Waals surface area contributed by atoms with E-state index >= 15 is 0 Å². The summed E-state index contributed by atoms with van der Waals surface area (Å²) < 4.78 is 12.8. The second-order valence-corrected chi connectivity index (χ2v) is 4.78. The standard InChI is InChI=1S/C15H17FN4O/c1-11(14-7-8-17-10-18-14)20(2)9-15(21)19-13-5-3-12(16)4-6-13/h3-8,10-11H,9H2,1-2H3,(H,19,21). The van der Waals surface area contributed by atoms with E-state index in [0.717, 1.165) is 5.69 Å². The molecule has 5 nitrogen and oxygen atoms in total. The maximum Gasteiger partial charge on any atom is 0.238 e. The van der Waals surface area contributed by atoms with Crippen LogP contribution < -0.4 is 5.32 Å². The highest BCUT2D eigenvalue weighted by Crippen LogP contribution is 2.15. The molecule has 1 N–H and O–H groups in total. The number of hydrogen-bond acceptors (Lipinski definition) is 4. The molecule has 0 saturated heterocycles. The van der Waals surface area contributed by atoms with Crippen molar-refractivity contribution in [2.45, 2.75) is 13.0 Å². The van der Waals surface area contributed by atoms with Crippen LogP contribution in [0.5, 0.6) is 0 Å². The topological polar surface area (TPSA) is 58.1 Å². The van der Waals surface area contributed by atoms with E-state index in [0.29, 0.717) is 5.69 Å². The molecular weight excluding hydrogens is 271 g/mol. The number of nitrogens with one attached hydrogen (secondary N) is 1. The molecule has 2 rings (SSSR count). The summed E-state index contributed by atoms with van der Waals surface area (Å²) in [5, 5.41) is 2.73. The van der Waals surface area contributed by atoms with Crippen molar-refractivity contribution in [1.29, 1.82) is 0 Å². The number of rotatable bonds is 5. The van der Waals surface area contributed by atoms with Crippen LogP contribution in [-0.4, -0.2) is 34.4 Å². The molecule has 1 aromatic heterocycles. The number of aromatic nitrogens is 2. The Hall–Kier alpha value is -2.34. The van der Waals surface area contributed by atoms with Gasteiger partial charge >= 0.3 is 0 Å². The Bertz CT molecular complexity index is 588. The summed E-state index contributed by atoms with van der Waals surface area (Å²) in [6.45, 7) is 2.18. The molecule has 0 radical (unpaired) electrons. The monoisotopic (exact) mass is 288 g/mol. The smallest absolute Gasteiger partial charge is 0.238 e. The lowest BCUT2D eigenvalue weighted by atomic mass is 10.2. The Morgan fingerprint density at radius 1 is 1.33 bits per heavy atom. The summed E-state index contributed by atoms with van der Waals surface area (Å²) in [6.07, 6.45) is 3.16. The van der Waals surface area contributed by atoms with Gasteiger partial charge in [-0.1, -0.05) is 0 Å². The zero-order valence-corrected chi connectivity index (χ0v) is 12.0. The third-order valence-corrected chi connectivity index (χ3v) is 3.22. The van der Waals surface area contributed by atoms with E-state index in [9.17, 15) is 9.18 Å². The summed E-state index contributed by atoms with van der Waals surface area (Å²) >= 11 is 0. The largest absolute Gasteiger partial charge is 0.325 e. The van der Waals surface area contributed by atoms with E-state index < -0.39 is 0 Å². The highest BCUT2D eigenvalue weighted by molar-refractivity contribution is 5.92. The van der Waals surface area contributed by atoms with Gasteiger partial charge in [-0.05, 0) is 44.3 Å². The third kappa shape index (κ3) is 4.32. The molecule has 0 aliphatic rings. The lowest BCUT2D eigenvalue weighted by molar-refractivity contribution is -0.117. The van der Waals surface area contributed by atoms with Crippen molar-refractivity contribution in [2.24, 2.45) is 0 Å². The summed E-state index contributed by atoms with van der Waals surface area (Å²) in [4.78, 5) is 21.9. The fraction of sp³-hybridized carbons (Fsp3) is 0.267. The molecule has 0 saturated carbocycles. The minimum atomic E-state index is -0.331. The van der Waals surface area contributed by atoms with Gasteiger partial charge in [0.15, 0.2) is 0 Å². The van der Waals surface area contributed by atoms with Crippen LogP contribution >= 0.6 is 0 Å². The molecular formula is C15H17FN4O. The normalized spacial score (nSPS) is 12.2. The lowest BCUT2D eigenvalue weighted by Gasteiger charge is -2.23. The summed E-state index contributed by atoms with van der Waals surface area (Å²) in [5.74, 6) is -0.493. The number of carbonyl (C=O) groups is 1. The van der Waals surface area contributed by atoms with E-state index in [-0.39, 0.29) is 24.3 Å². The van der Waals surface area contributed by atoms with Crippen LogP contribution in [0.15, 0.2) is 42.9 Å². The minimum absolute atomic E-state index is 0.00744. The zero-order chi connectivity index (χ0) is 15.2. The molecule has 1 heterocycles. The Morgan fingerprint density at radius 3 is 2.67 bits per heavy atom. The van der Waals surface area contributed by atoms with Gasteiger partial charge in [-0.3, -0.25) is 9.69 Å². The second-order valence-electron chi connectivity index (χ2n) is 4.78. The average molecular weight is 288 g/mol. The molecule has 1 atom stereocenters. The van der Waals surface area contributed by atoms with Crippen LogP contribution in [0.2, 0.25) is 0 Å². The summed E-state index contributed by atoms with van der Waals surface area (Å²) in [6, 6.07) is 7.49. The van der Waals surface area contributed by atoms with Crippen molar-refractivity contribution in [2.75, 3.05) is 18.9 Å². The van der Waals surface area contributed by atoms with Crippen LogP contribution in [0, 0.1) is 5.82 Å². The van der Waals surface area contributed by atoms with Gasteiger partial charge in [0.25, 0.3) is 0 Å². The van der Waals surface area contributed by atoms with E-state index in [1.54, 1.807) is 6.20 Å². The Balaban J connectivity index is 1.91. The van der Waals surface area contributed by atoms with Crippen LogP contribution in [-0.2, 0) is 4.79 Å². The number of anilines is 1. The highest BCUT2D eigenvalue weighted by Gasteiger charge is 2.15. The van der Waals surface area contributed by atoms with Gasteiger partial charge in [0, 0.05) is 17.9 Å². The number of hydrogen-bond donors (Lipinski definition) is 1. The number of likely N-dealkylation sites (N-methyl/N-ethyl adjacent to an activating group) is 1. The summed E-state index contributed by atoms with van der Waals surface area (Å²) in [7, 11) is 1.84. The van der Waals surface area contributed by atoms with E-state index in [1.165, 1.54) is 30.6 Å². The maximum absolute atomic E-state index is 12.8. The van der Waals surface area contributed by atoms with E-state index in [2.05, 4.69) is 15.3 Å². The van der Waals surface area contributed by atoms with Crippen LogP contribution in [0.1, 0.15) is 18.7 Å². The van der Waals surface area contributed by atoms with Crippen LogP contribution in [0.4, 0.5) is 10.1 Å². The quantitative estimate of drug-likeness (QED) is 0.916. The molecule has 0 spiro atoms. The van der Waals surface area contributed by atoms with Crippen molar-refractivity contribution in [3.8, 4) is 0 Å². The van der Waals surface area contributed by atoms with Gasteiger partial charge in [0.2, 0.25) is 5.91 Å². The molecule has 1 aromatic carbocycles. The first-order chi connectivity index (χ1) is 10.1. The SMILES string of the molecule is CC(c1ccncn1)N(C)CC(=O)Nc1ccc(F)cc1. The first-order valence-corrected chi connectivity index (χ1v) is 6.58. The molecule has 0 aliphatic heterocycles. The number of carbonyl (C=O) groups excluding carboxylic acids is 1. The van der Waals surface area contributed by atoms with Gasteiger partial charge < -0.3 is 5.32 Å². The molecule has 21 heavy (non-hydrogen) atoms. The molecule has 6 heteroatoms. The first-order valence-electron chi connectivity index (χ1n) is 6.58. The molecule has 0 fully saturated rings. The van der Waals surface area contributed by atoms with Gasteiger partial charge in [-0.2, -0.15) is 0 Å². The van der Waals surface area contributed by atoms with Crippen molar-refractivity contribution in [3.63, 3.8) is 0 Å². The van der Waals surface area contributed by atoms with Gasteiger partial charge in [-0.15, -0.1) is 0 Å². The first kappa shape index (κ1) is 15.1. The van der Waals surface area contributed by atoms with Crippen molar-refractivity contribution in [3.05, 3.63) is 54.4 Å². The molecule has 1 amide bonds. The summed E-state index contributed by atoms with van der Waals surface area (Å²) in [5.41, 5.74) is 1.42. The highest BCUT2D eigenvalue weighted by atomic mass is 19.1.